The van der Waals surface area contributed by atoms with Crippen LogP contribution in [-0.4, -0.2) is 14.4 Å². The molecule has 5 heteroatoms. The third kappa shape index (κ3) is 3.10. The monoisotopic (exact) mass is 519 g/mol. The summed E-state index contributed by atoms with van der Waals surface area (Å²) in [5.74, 6) is 0. The van der Waals surface area contributed by atoms with E-state index in [1.165, 1.54) is 0 Å². The van der Waals surface area contributed by atoms with E-state index in [0.717, 1.165) is 59.7 Å². The van der Waals surface area contributed by atoms with E-state index in [1.807, 2.05) is 66.7 Å². The van der Waals surface area contributed by atoms with Crippen molar-refractivity contribution in [3.8, 4) is 0 Å². The molecule has 0 saturated carbocycles. The molecule has 8 rings (SSSR count). The molecule has 0 aliphatic carbocycles. The minimum absolute atomic E-state index is 0.715. The zero-order valence-electron chi connectivity index (χ0n) is 20.9. The Morgan fingerprint density at radius 3 is 2.15 bits per heavy atom. The summed E-state index contributed by atoms with van der Waals surface area (Å²) in [4.78, 5) is 9.49. The van der Waals surface area contributed by atoms with Crippen molar-refractivity contribution in [1.82, 2.24) is 14.4 Å². The van der Waals surface area contributed by atoms with Crippen LogP contribution >= 0.6 is 7.14 Å². The van der Waals surface area contributed by atoms with Crippen LogP contribution in [0.3, 0.4) is 0 Å². The molecule has 184 valence electrons. The molecule has 0 bridgehead atoms. The molecule has 39 heavy (non-hydrogen) atoms. The molecule has 1 atom stereocenters. The minimum atomic E-state index is -3.35. The Morgan fingerprint density at radius 2 is 1.33 bits per heavy atom. The lowest BCUT2D eigenvalue weighted by molar-refractivity contribution is 0.592. The van der Waals surface area contributed by atoms with Crippen LogP contribution in [0.2, 0.25) is 0 Å². The second kappa shape index (κ2) is 8.36. The topological polar surface area (TPSA) is 47.3 Å². The summed E-state index contributed by atoms with van der Waals surface area (Å²) in [5, 5.41) is 7.50. The second-order valence-electron chi connectivity index (χ2n) is 9.80. The number of benzene rings is 5. The van der Waals surface area contributed by atoms with Crippen LogP contribution in [-0.2, 0) is 4.57 Å². The number of pyridine rings is 2. The molecule has 0 spiro atoms. The minimum Gasteiger partial charge on any atom is -0.309 e. The lowest BCUT2D eigenvalue weighted by atomic mass is 10.0. The quantitative estimate of drug-likeness (QED) is 0.187. The predicted octanol–water partition coefficient (Wildman–Crippen LogP) is 6.98. The maximum Gasteiger partial charge on any atom is 0.173 e. The van der Waals surface area contributed by atoms with Crippen LogP contribution in [0.1, 0.15) is 0 Å². The van der Waals surface area contributed by atoms with Gasteiger partial charge in [0.2, 0.25) is 0 Å². The number of para-hydroxylation sites is 2. The molecule has 0 aliphatic rings. The number of aromatic nitrogens is 3. The number of hydrogen-bond donors (Lipinski definition) is 0. The largest absolute Gasteiger partial charge is 0.309 e. The first-order chi connectivity index (χ1) is 19.2. The number of rotatable bonds is 3. The fourth-order valence-corrected chi connectivity index (χ4v) is 8.83. The maximum absolute atomic E-state index is 15.8. The van der Waals surface area contributed by atoms with Gasteiger partial charge in [-0.2, -0.15) is 0 Å². The molecule has 8 aromatic rings. The molecular formula is C34H22N3OP. The van der Waals surface area contributed by atoms with Crippen molar-refractivity contribution >= 4 is 72.2 Å². The van der Waals surface area contributed by atoms with Crippen LogP contribution in [0.4, 0.5) is 0 Å². The Kier molecular flexibility index (Phi) is 4.76. The van der Waals surface area contributed by atoms with Crippen molar-refractivity contribution in [1.29, 1.82) is 0 Å². The maximum atomic E-state index is 15.8. The highest BCUT2D eigenvalue weighted by atomic mass is 31.2. The predicted molar refractivity (Wildman–Crippen MR) is 162 cm³/mol. The van der Waals surface area contributed by atoms with Crippen molar-refractivity contribution in [2.45, 2.75) is 0 Å². The van der Waals surface area contributed by atoms with Gasteiger partial charge >= 0.3 is 0 Å². The van der Waals surface area contributed by atoms with Gasteiger partial charge in [-0.1, -0.05) is 91.0 Å². The summed E-state index contributed by atoms with van der Waals surface area (Å²) in [7, 11) is -3.35. The van der Waals surface area contributed by atoms with Crippen molar-refractivity contribution in [3.05, 3.63) is 134 Å². The summed E-state index contributed by atoms with van der Waals surface area (Å²) in [6, 6.07) is 40.7. The average Bonchev–Trinajstić information content (AvgIpc) is 3.41. The first kappa shape index (κ1) is 22.2. The van der Waals surface area contributed by atoms with Gasteiger partial charge in [-0.05, 0) is 41.1 Å². The van der Waals surface area contributed by atoms with Crippen LogP contribution in [0.15, 0.2) is 134 Å². The Morgan fingerprint density at radius 1 is 0.641 bits per heavy atom. The smallest absolute Gasteiger partial charge is 0.173 e. The molecule has 0 amide bonds. The highest BCUT2D eigenvalue weighted by Crippen LogP contribution is 2.47. The third-order valence-corrected chi connectivity index (χ3v) is 10.7. The number of hydrogen-bond acceptors (Lipinski definition) is 3. The Hall–Kier alpha value is -4.79. The Balaban J connectivity index is 1.71. The van der Waals surface area contributed by atoms with E-state index in [-0.39, 0.29) is 0 Å². The molecule has 0 fully saturated rings. The summed E-state index contributed by atoms with van der Waals surface area (Å²) >= 11 is 0. The van der Waals surface area contributed by atoms with Gasteiger partial charge in [0.05, 0.1) is 16.6 Å². The lowest BCUT2D eigenvalue weighted by Crippen LogP contribution is -2.26. The SMILES string of the molecule is O=P(c1ccccc1)(c1cccnc1)c1cc2ccccc2c2c1c1ccccc1c1nc3ccccc3n12. The number of fused-ring (bicyclic) bond motifs is 10. The van der Waals surface area contributed by atoms with Gasteiger partial charge in [-0.3, -0.25) is 9.38 Å². The molecule has 5 aromatic carbocycles. The summed E-state index contributed by atoms with van der Waals surface area (Å²) < 4.78 is 18.1. The van der Waals surface area contributed by atoms with Crippen molar-refractivity contribution in [3.63, 3.8) is 0 Å². The fraction of sp³-hybridized carbons (Fsp3) is 0. The summed E-state index contributed by atoms with van der Waals surface area (Å²) in [6.45, 7) is 0. The molecule has 0 N–H and O–H groups in total. The molecular weight excluding hydrogens is 497 g/mol. The third-order valence-electron chi connectivity index (χ3n) is 7.69. The van der Waals surface area contributed by atoms with Crippen molar-refractivity contribution in [2.75, 3.05) is 0 Å². The standard InChI is InChI=1S/C34H22N3OP/c38-39(24-12-2-1-3-13-24,25-14-10-20-35-22-25)31-21-23-11-4-5-15-26(23)33-32(31)27-16-6-7-17-28(27)34-36-29-18-8-9-19-30(29)37(33)34/h1-22H. The van der Waals surface area contributed by atoms with Gasteiger partial charge in [0.1, 0.15) is 5.65 Å². The van der Waals surface area contributed by atoms with Crippen LogP contribution in [0, 0.1) is 0 Å². The van der Waals surface area contributed by atoms with Crippen LogP contribution < -0.4 is 15.9 Å². The summed E-state index contributed by atoms with van der Waals surface area (Å²) in [5.41, 5.74) is 3.88. The van der Waals surface area contributed by atoms with Gasteiger partial charge in [0.25, 0.3) is 0 Å². The van der Waals surface area contributed by atoms with E-state index in [4.69, 9.17) is 4.98 Å². The molecule has 3 aromatic heterocycles. The van der Waals surface area contributed by atoms with E-state index in [1.54, 1.807) is 12.4 Å². The fourth-order valence-electron chi connectivity index (χ4n) is 5.99. The molecule has 3 heterocycles. The van der Waals surface area contributed by atoms with Gasteiger partial charge in [-0.15, -0.1) is 0 Å². The lowest BCUT2D eigenvalue weighted by Gasteiger charge is -2.24. The average molecular weight is 520 g/mol. The van der Waals surface area contributed by atoms with E-state index >= 15 is 4.57 Å². The Bertz CT molecular complexity index is 2210. The Labute approximate surface area is 224 Å². The normalized spacial score (nSPS) is 13.4. The van der Waals surface area contributed by atoms with Crippen LogP contribution in [0.25, 0.3) is 49.1 Å². The zero-order chi connectivity index (χ0) is 26.0. The van der Waals surface area contributed by atoms with E-state index in [9.17, 15) is 0 Å². The van der Waals surface area contributed by atoms with Gasteiger partial charge < -0.3 is 4.57 Å². The van der Waals surface area contributed by atoms with Crippen molar-refractivity contribution in [2.24, 2.45) is 0 Å². The molecule has 0 aliphatic heterocycles. The van der Waals surface area contributed by atoms with Crippen molar-refractivity contribution < 1.29 is 4.57 Å². The summed E-state index contributed by atoms with van der Waals surface area (Å²) in [6.07, 6.45) is 3.48. The first-order valence-electron chi connectivity index (χ1n) is 13.0. The number of nitrogens with zero attached hydrogens (tertiary/aromatic N) is 3. The second-order valence-corrected chi connectivity index (χ2v) is 12.5. The van der Waals surface area contributed by atoms with Crippen LogP contribution in [0.5, 0.6) is 0 Å². The van der Waals surface area contributed by atoms with E-state index < -0.39 is 7.14 Å². The molecule has 4 nitrogen and oxygen atoms in total. The highest BCUT2D eigenvalue weighted by molar-refractivity contribution is 7.85. The zero-order valence-corrected chi connectivity index (χ0v) is 21.8. The van der Waals surface area contributed by atoms with Gasteiger partial charge in [-0.25, -0.2) is 4.98 Å². The van der Waals surface area contributed by atoms with E-state index in [2.05, 4.69) is 64.0 Å². The molecule has 0 radical (unpaired) electrons. The first-order valence-corrected chi connectivity index (χ1v) is 14.7. The highest BCUT2D eigenvalue weighted by Gasteiger charge is 2.34. The van der Waals surface area contributed by atoms with E-state index in [0.29, 0.717) is 5.30 Å². The molecule has 1 unspecified atom stereocenters. The van der Waals surface area contributed by atoms with Gasteiger partial charge in [0, 0.05) is 44.5 Å². The molecule has 0 saturated heterocycles. The number of imidazole rings is 1. The van der Waals surface area contributed by atoms with Gasteiger partial charge in [0.15, 0.2) is 7.14 Å².